The lowest BCUT2D eigenvalue weighted by atomic mass is 9.97. The van der Waals surface area contributed by atoms with Crippen molar-refractivity contribution in [1.29, 1.82) is 0 Å². The highest BCUT2D eigenvalue weighted by Gasteiger charge is 2.10. The van der Waals surface area contributed by atoms with E-state index in [2.05, 4.69) is 60.8 Å². The first kappa shape index (κ1) is 27.9. The molecule has 1 amide bonds. The van der Waals surface area contributed by atoms with Crippen molar-refractivity contribution in [1.82, 2.24) is 5.32 Å². The van der Waals surface area contributed by atoms with Crippen LogP contribution in [0.1, 0.15) is 47.6 Å². The summed E-state index contributed by atoms with van der Waals surface area (Å²) in [6.07, 6.45) is 2.67. The van der Waals surface area contributed by atoms with Crippen molar-refractivity contribution in [3.63, 3.8) is 0 Å². The number of hydrogen-bond donors (Lipinski definition) is 2. The predicted octanol–water partition coefficient (Wildman–Crippen LogP) is 6.77. The molecule has 0 atom stereocenters. The SMILES string of the molecule is CC(=O)NCCCCc1ccc(OCc2cccc(-c3ccccc3)c2C)cc1OCc1cccc(CO)c1. The Morgan fingerprint density at radius 3 is 2.38 bits per heavy atom. The summed E-state index contributed by atoms with van der Waals surface area (Å²) in [4.78, 5) is 11.1. The third kappa shape index (κ3) is 8.20. The van der Waals surface area contributed by atoms with Crippen LogP contribution in [0.2, 0.25) is 0 Å². The van der Waals surface area contributed by atoms with Gasteiger partial charge < -0.3 is 19.9 Å². The number of aliphatic hydroxyl groups is 1. The monoisotopic (exact) mass is 523 g/mol. The Bertz CT molecular complexity index is 1370. The molecule has 39 heavy (non-hydrogen) atoms. The highest BCUT2D eigenvalue weighted by atomic mass is 16.5. The number of aryl methyl sites for hydroxylation is 1. The van der Waals surface area contributed by atoms with Crippen molar-refractivity contribution in [3.05, 3.63) is 119 Å². The summed E-state index contributed by atoms with van der Waals surface area (Å²) in [5, 5.41) is 12.3. The molecule has 0 aromatic heterocycles. The maximum absolute atomic E-state index is 11.1. The van der Waals surface area contributed by atoms with Gasteiger partial charge in [0.1, 0.15) is 24.7 Å². The molecule has 0 aliphatic carbocycles. The average molecular weight is 524 g/mol. The van der Waals surface area contributed by atoms with Crippen LogP contribution in [0.3, 0.4) is 0 Å². The molecule has 0 saturated carbocycles. The maximum Gasteiger partial charge on any atom is 0.216 e. The minimum Gasteiger partial charge on any atom is -0.489 e. The molecule has 0 bridgehead atoms. The number of amides is 1. The minimum atomic E-state index is -0.00447. The molecule has 0 aliphatic rings. The van der Waals surface area contributed by atoms with E-state index in [9.17, 15) is 9.90 Å². The summed E-state index contributed by atoms with van der Waals surface area (Å²) in [6.45, 7) is 5.20. The predicted molar refractivity (Wildman–Crippen MR) is 156 cm³/mol. The van der Waals surface area contributed by atoms with E-state index in [1.54, 1.807) is 0 Å². The molecule has 0 heterocycles. The number of carbonyl (C=O) groups is 1. The maximum atomic E-state index is 11.1. The fraction of sp³-hybridized carbons (Fsp3) is 0.265. The van der Waals surface area contributed by atoms with Crippen LogP contribution in [0.5, 0.6) is 11.5 Å². The molecule has 0 saturated heterocycles. The summed E-state index contributed by atoms with van der Waals surface area (Å²) in [5.41, 5.74) is 7.71. The second kappa shape index (κ2) is 14.2. The number of nitrogens with one attached hydrogen (secondary N) is 1. The second-order valence-electron chi connectivity index (χ2n) is 9.72. The molecule has 202 valence electrons. The van der Waals surface area contributed by atoms with E-state index in [0.717, 1.165) is 53.0 Å². The zero-order valence-corrected chi connectivity index (χ0v) is 22.8. The molecule has 2 N–H and O–H groups in total. The number of hydrogen-bond acceptors (Lipinski definition) is 4. The molecule has 0 fully saturated rings. The van der Waals surface area contributed by atoms with Crippen molar-refractivity contribution in [2.75, 3.05) is 6.54 Å². The quantitative estimate of drug-likeness (QED) is 0.190. The lowest BCUT2D eigenvalue weighted by Crippen LogP contribution is -2.20. The smallest absolute Gasteiger partial charge is 0.216 e. The van der Waals surface area contributed by atoms with Crippen molar-refractivity contribution in [3.8, 4) is 22.6 Å². The summed E-state index contributed by atoms with van der Waals surface area (Å²) in [7, 11) is 0. The van der Waals surface area contributed by atoms with E-state index in [4.69, 9.17) is 9.47 Å². The van der Waals surface area contributed by atoms with Gasteiger partial charge in [-0.1, -0.05) is 78.9 Å². The molecule has 4 aromatic rings. The molecular weight excluding hydrogens is 486 g/mol. The first-order chi connectivity index (χ1) is 19.0. The van der Waals surface area contributed by atoms with Crippen molar-refractivity contribution in [2.24, 2.45) is 0 Å². The largest absolute Gasteiger partial charge is 0.489 e. The number of aliphatic hydroxyl groups excluding tert-OH is 1. The van der Waals surface area contributed by atoms with Crippen LogP contribution in [0, 0.1) is 6.92 Å². The average Bonchev–Trinajstić information content (AvgIpc) is 2.96. The van der Waals surface area contributed by atoms with Gasteiger partial charge in [-0.3, -0.25) is 4.79 Å². The minimum absolute atomic E-state index is 0.00159. The summed E-state index contributed by atoms with van der Waals surface area (Å²) >= 11 is 0. The van der Waals surface area contributed by atoms with Gasteiger partial charge in [-0.25, -0.2) is 0 Å². The van der Waals surface area contributed by atoms with Gasteiger partial charge in [-0.15, -0.1) is 0 Å². The number of ether oxygens (including phenoxy) is 2. The molecular formula is C34H37NO4. The molecule has 5 heteroatoms. The molecule has 0 unspecified atom stereocenters. The summed E-state index contributed by atoms with van der Waals surface area (Å²) < 4.78 is 12.5. The van der Waals surface area contributed by atoms with Crippen LogP contribution >= 0.6 is 0 Å². The highest BCUT2D eigenvalue weighted by Crippen LogP contribution is 2.30. The van der Waals surface area contributed by atoms with E-state index >= 15 is 0 Å². The molecule has 0 aliphatic heterocycles. The van der Waals surface area contributed by atoms with Crippen molar-refractivity contribution >= 4 is 5.91 Å². The van der Waals surface area contributed by atoms with Gasteiger partial charge in [-0.2, -0.15) is 0 Å². The Morgan fingerprint density at radius 2 is 1.59 bits per heavy atom. The van der Waals surface area contributed by atoms with Gasteiger partial charge in [0.15, 0.2) is 0 Å². The van der Waals surface area contributed by atoms with Crippen LogP contribution < -0.4 is 14.8 Å². The van der Waals surface area contributed by atoms with Crippen molar-refractivity contribution < 1.29 is 19.4 Å². The molecule has 4 aromatic carbocycles. The zero-order chi connectivity index (χ0) is 27.5. The number of unbranched alkanes of at least 4 members (excludes halogenated alkanes) is 1. The van der Waals surface area contributed by atoms with E-state index in [-0.39, 0.29) is 12.5 Å². The Labute approximate surface area is 231 Å². The van der Waals surface area contributed by atoms with Gasteiger partial charge in [0.25, 0.3) is 0 Å². The zero-order valence-electron chi connectivity index (χ0n) is 22.8. The van der Waals surface area contributed by atoms with E-state index in [1.165, 1.54) is 23.6 Å². The van der Waals surface area contributed by atoms with E-state index in [0.29, 0.717) is 19.8 Å². The second-order valence-corrected chi connectivity index (χ2v) is 9.72. The Kier molecular flexibility index (Phi) is 10.1. The topological polar surface area (TPSA) is 67.8 Å². The molecule has 5 nitrogen and oxygen atoms in total. The van der Waals surface area contributed by atoms with E-state index in [1.807, 2.05) is 42.5 Å². The highest BCUT2D eigenvalue weighted by molar-refractivity contribution is 5.72. The van der Waals surface area contributed by atoms with Crippen LogP contribution in [0.4, 0.5) is 0 Å². The van der Waals surface area contributed by atoms with Crippen LogP contribution in [0.15, 0.2) is 91.0 Å². The van der Waals surface area contributed by atoms with Gasteiger partial charge in [0, 0.05) is 19.5 Å². The Morgan fingerprint density at radius 1 is 0.795 bits per heavy atom. The van der Waals surface area contributed by atoms with Crippen LogP contribution in [-0.4, -0.2) is 17.6 Å². The standard InChI is InChI=1S/C34H37NO4/c1-25-31(15-9-16-33(25)29-12-4-3-5-13-29)24-38-32-18-17-30(14-6-7-19-35-26(2)37)34(21-32)39-23-28-11-8-10-27(20-28)22-36/h3-5,8-13,15-18,20-21,36H,6-7,14,19,22-24H2,1-2H3,(H,35,37). The lowest BCUT2D eigenvalue weighted by Gasteiger charge is -2.16. The fourth-order valence-electron chi connectivity index (χ4n) is 4.58. The fourth-order valence-corrected chi connectivity index (χ4v) is 4.58. The normalized spacial score (nSPS) is 10.7. The van der Waals surface area contributed by atoms with Gasteiger partial charge in [-0.05, 0) is 71.2 Å². The lowest BCUT2D eigenvalue weighted by molar-refractivity contribution is -0.118. The third-order valence-corrected chi connectivity index (χ3v) is 6.78. The van der Waals surface area contributed by atoms with Crippen LogP contribution in [-0.2, 0) is 31.0 Å². The first-order valence-corrected chi connectivity index (χ1v) is 13.5. The van der Waals surface area contributed by atoms with Crippen LogP contribution in [0.25, 0.3) is 11.1 Å². The van der Waals surface area contributed by atoms with Gasteiger partial charge in [0.05, 0.1) is 6.61 Å². The Balaban J connectivity index is 1.47. The number of carbonyl (C=O) groups excluding carboxylic acids is 1. The van der Waals surface area contributed by atoms with Gasteiger partial charge >= 0.3 is 0 Å². The first-order valence-electron chi connectivity index (χ1n) is 13.5. The third-order valence-electron chi connectivity index (χ3n) is 6.78. The van der Waals surface area contributed by atoms with Gasteiger partial charge in [0.2, 0.25) is 5.91 Å². The molecule has 0 radical (unpaired) electrons. The van der Waals surface area contributed by atoms with E-state index < -0.39 is 0 Å². The Hall–Kier alpha value is -4.09. The summed E-state index contributed by atoms with van der Waals surface area (Å²) in [5.74, 6) is 1.53. The number of rotatable bonds is 13. The number of benzene rings is 4. The molecule has 0 spiro atoms. The molecule has 4 rings (SSSR count). The summed E-state index contributed by atoms with van der Waals surface area (Å²) in [6, 6.07) is 30.5. The van der Waals surface area contributed by atoms with Crippen molar-refractivity contribution in [2.45, 2.75) is 52.9 Å².